The summed E-state index contributed by atoms with van der Waals surface area (Å²) in [5, 5.41) is 26.1. The number of nitrogens with two attached hydrogens (primary N) is 1. The number of nitrogens with one attached hydrogen (secondary N) is 1. The standard InChI is InChI=1S/C24H20N6O4/c1-12(2)13-9-10-14-18(11-13)34-24(33)15-5-3-6-16(25)20(15)21(31)23(14,24)26-22(32)17-7-4-8-19-27-28-29-30(17)19/h3-12,33H,25H2,1-2H3,(H,26,32). The highest BCUT2D eigenvalue weighted by atomic mass is 16.6. The molecule has 0 saturated carbocycles. The van der Waals surface area contributed by atoms with Gasteiger partial charge >= 0.3 is 0 Å². The summed E-state index contributed by atoms with van der Waals surface area (Å²) in [6.45, 7) is 4.05. The van der Waals surface area contributed by atoms with Gasteiger partial charge in [-0.25, -0.2) is 0 Å². The van der Waals surface area contributed by atoms with Crippen molar-refractivity contribution in [2.45, 2.75) is 31.1 Å². The molecule has 34 heavy (non-hydrogen) atoms. The zero-order valence-corrected chi connectivity index (χ0v) is 18.3. The van der Waals surface area contributed by atoms with Crippen molar-refractivity contribution in [2.24, 2.45) is 0 Å². The van der Waals surface area contributed by atoms with Crippen molar-refractivity contribution < 1.29 is 19.4 Å². The molecule has 1 aliphatic heterocycles. The summed E-state index contributed by atoms with van der Waals surface area (Å²) < 4.78 is 7.35. The van der Waals surface area contributed by atoms with Crippen LogP contribution in [-0.2, 0) is 11.3 Å². The van der Waals surface area contributed by atoms with Crippen LogP contribution in [0.5, 0.6) is 5.75 Å². The van der Waals surface area contributed by atoms with E-state index < -0.39 is 23.0 Å². The molecule has 170 valence electrons. The van der Waals surface area contributed by atoms with Gasteiger partial charge in [0.25, 0.3) is 11.7 Å². The van der Waals surface area contributed by atoms with Gasteiger partial charge in [-0.05, 0) is 46.2 Å². The monoisotopic (exact) mass is 456 g/mol. The third kappa shape index (κ3) is 2.35. The number of aliphatic hydroxyl groups is 1. The fourth-order valence-corrected chi connectivity index (χ4v) is 4.92. The van der Waals surface area contributed by atoms with E-state index in [4.69, 9.17) is 10.5 Å². The van der Waals surface area contributed by atoms with Gasteiger partial charge in [-0.2, -0.15) is 4.52 Å². The third-order valence-electron chi connectivity index (χ3n) is 6.63. The second-order valence-corrected chi connectivity index (χ2v) is 8.82. The molecule has 10 heteroatoms. The van der Waals surface area contributed by atoms with Crippen LogP contribution >= 0.6 is 0 Å². The van der Waals surface area contributed by atoms with E-state index in [9.17, 15) is 14.7 Å². The Hall–Kier alpha value is -4.31. The topological polar surface area (TPSA) is 145 Å². The molecular weight excluding hydrogens is 436 g/mol. The van der Waals surface area contributed by atoms with E-state index >= 15 is 0 Å². The summed E-state index contributed by atoms with van der Waals surface area (Å²) in [6.07, 6.45) is 0. The molecule has 0 bridgehead atoms. The van der Waals surface area contributed by atoms with Gasteiger partial charge in [0.15, 0.2) is 5.65 Å². The van der Waals surface area contributed by atoms with Crippen molar-refractivity contribution in [1.82, 2.24) is 25.4 Å². The Morgan fingerprint density at radius 1 is 1.15 bits per heavy atom. The van der Waals surface area contributed by atoms with Gasteiger partial charge in [0.2, 0.25) is 11.3 Å². The lowest BCUT2D eigenvalue weighted by Crippen LogP contribution is -2.60. The first-order valence-corrected chi connectivity index (χ1v) is 10.8. The van der Waals surface area contributed by atoms with Crippen LogP contribution in [0.3, 0.4) is 0 Å². The number of rotatable bonds is 3. The average molecular weight is 456 g/mol. The number of tetrazole rings is 1. The Balaban J connectivity index is 1.58. The van der Waals surface area contributed by atoms with Crippen molar-refractivity contribution in [3.05, 3.63) is 82.5 Å². The molecule has 10 nitrogen and oxygen atoms in total. The fourth-order valence-electron chi connectivity index (χ4n) is 4.92. The Labute approximate surface area is 193 Å². The minimum absolute atomic E-state index is 0.0863. The molecule has 0 radical (unpaired) electrons. The molecule has 2 atom stereocenters. The third-order valence-corrected chi connectivity index (χ3v) is 6.63. The zero-order chi connectivity index (χ0) is 23.8. The van der Waals surface area contributed by atoms with E-state index in [-0.39, 0.29) is 28.4 Å². The Morgan fingerprint density at radius 2 is 1.94 bits per heavy atom. The summed E-state index contributed by atoms with van der Waals surface area (Å²) in [5.74, 6) is -2.92. The van der Waals surface area contributed by atoms with Gasteiger partial charge in [0, 0.05) is 16.8 Å². The molecule has 4 N–H and O–H groups in total. The summed E-state index contributed by atoms with van der Waals surface area (Å²) >= 11 is 0. The number of fused-ring (bicyclic) bond motifs is 6. The lowest BCUT2D eigenvalue weighted by atomic mass is 9.82. The molecule has 0 saturated heterocycles. The number of hydrogen-bond acceptors (Lipinski definition) is 8. The number of anilines is 1. The zero-order valence-electron chi connectivity index (χ0n) is 18.3. The van der Waals surface area contributed by atoms with Crippen LogP contribution in [0, 0.1) is 0 Å². The van der Waals surface area contributed by atoms with E-state index in [1.807, 2.05) is 19.9 Å². The molecule has 1 aliphatic carbocycles. The van der Waals surface area contributed by atoms with Gasteiger partial charge in [0.1, 0.15) is 11.4 Å². The summed E-state index contributed by atoms with van der Waals surface area (Å²) in [7, 11) is 0. The quantitative estimate of drug-likeness (QED) is 0.396. The van der Waals surface area contributed by atoms with E-state index in [0.717, 1.165) is 5.56 Å². The predicted octanol–water partition coefficient (Wildman–Crippen LogP) is 1.89. The minimum Gasteiger partial charge on any atom is -0.454 e. The van der Waals surface area contributed by atoms with E-state index in [2.05, 4.69) is 20.8 Å². The van der Waals surface area contributed by atoms with Gasteiger partial charge in [-0.15, -0.1) is 5.10 Å². The van der Waals surface area contributed by atoms with E-state index in [0.29, 0.717) is 17.0 Å². The smallest absolute Gasteiger partial charge is 0.271 e. The fraction of sp³-hybridized carbons (Fsp3) is 0.208. The first-order valence-electron chi connectivity index (χ1n) is 10.8. The predicted molar refractivity (Wildman–Crippen MR) is 120 cm³/mol. The molecule has 6 rings (SSSR count). The van der Waals surface area contributed by atoms with Gasteiger partial charge < -0.3 is 20.9 Å². The first-order chi connectivity index (χ1) is 16.3. The van der Waals surface area contributed by atoms with Gasteiger partial charge in [0.05, 0.1) is 5.56 Å². The van der Waals surface area contributed by atoms with Crippen molar-refractivity contribution in [3.63, 3.8) is 0 Å². The molecule has 2 aromatic carbocycles. The van der Waals surface area contributed by atoms with Crippen LogP contribution in [-0.4, -0.2) is 36.8 Å². The number of pyridine rings is 1. The van der Waals surface area contributed by atoms with Gasteiger partial charge in [-0.3, -0.25) is 9.59 Å². The van der Waals surface area contributed by atoms with E-state index in [1.165, 1.54) is 10.6 Å². The number of ketones is 1. The summed E-state index contributed by atoms with van der Waals surface area (Å²) in [5.41, 5.74) is 6.43. The lowest BCUT2D eigenvalue weighted by Gasteiger charge is -2.34. The maximum Gasteiger partial charge on any atom is 0.271 e. The number of carbonyl (C=O) groups excluding carboxylic acids is 2. The first kappa shape index (κ1) is 20.3. The highest BCUT2D eigenvalue weighted by Gasteiger charge is 2.72. The van der Waals surface area contributed by atoms with Crippen molar-refractivity contribution in [2.75, 3.05) is 5.73 Å². The largest absolute Gasteiger partial charge is 0.454 e. The minimum atomic E-state index is -2.20. The van der Waals surface area contributed by atoms with Gasteiger partial charge in [-0.1, -0.05) is 44.2 Å². The maximum absolute atomic E-state index is 14.0. The van der Waals surface area contributed by atoms with Crippen molar-refractivity contribution in [1.29, 1.82) is 0 Å². The SMILES string of the molecule is CC(C)c1ccc2c(c1)OC1(O)c3cccc(N)c3C(=O)C21NC(=O)c1cccc2nnnn12. The molecule has 2 aliphatic rings. The second-order valence-electron chi connectivity index (χ2n) is 8.82. The number of Topliss-reactive ketones (excluding diaryl/α,β-unsaturated/α-hetero) is 1. The van der Waals surface area contributed by atoms with Crippen LogP contribution < -0.4 is 15.8 Å². The van der Waals surface area contributed by atoms with Crippen LogP contribution in [0.2, 0.25) is 0 Å². The van der Waals surface area contributed by atoms with Crippen molar-refractivity contribution in [3.8, 4) is 5.75 Å². The van der Waals surface area contributed by atoms with Crippen molar-refractivity contribution >= 4 is 23.0 Å². The number of hydrogen-bond donors (Lipinski definition) is 3. The molecule has 1 amide bonds. The molecule has 2 aromatic heterocycles. The normalized spacial score (nSPS) is 22.4. The lowest BCUT2D eigenvalue weighted by molar-refractivity contribution is -0.169. The number of carbonyl (C=O) groups is 2. The molecular formula is C24H20N6O4. The molecule has 3 heterocycles. The summed E-state index contributed by atoms with van der Waals surface area (Å²) in [4.78, 5) is 27.6. The maximum atomic E-state index is 14.0. The Kier molecular flexibility index (Phi) is 3.95. The van der Waals surface area contributed by atoms with Crippen LogP contribution in [0.15, 0.2) is 54.6 Å². The highest BCUT2D eigenvalue weighted by molar-refractivity contribution is 6.15. The van der Waals surface area contributed by atoms with E-state index in [1.54, 1.807) is 42.5 Å². The Morgan fingerprint density at radius 3 is 2.74 bits per heavy atom. The Bertz CT molecular complexity index is 1530. The highest BCUT2D eigenvalue weighted by Crippen LogP contribution is 2.59. The molecule has 2 unspecified atom stereocenters. The number of aromatic nitrogens is 4. The average Bonchev–Trinajstić information content (AvgIpc) is 3.44. The number of nitrogen functional groups attached to an aromatic ring is 1. The number of ether oxygens (including phenoxy) is 1. The summed E-state index contributed by atoms with van der Waals surface area (Å²) in [6, 6.07) is 14.9. The van der Waals surface area contributed by atoms with Crippen LogP contribution in [0.25, 0.3) is 5.65 Å². The van der Waals surface area contributed by atoms with Crippen LogP contribution in [0.1, 0.15) is 57.3 Å². The molecule has 4 aromatic rings. The second kappa shape index (κ2) is 6.61. The number of benzene rings is 2. The van der Waals surface area contributed by atoms with Crippen LogP contribution in [0.4, 0.5) is 5.69 Å². The molecule has 0 fully saturated rings. The molecule has 0 spiro atoms. The number of amides is 1. The number of nitrogens with zero attached hydrogens (tertiary/aromatic N) is 4.